The van der Waals surface area contributed by atoms with Gasteiger partial charge in [-0.05, 0) is 24.8 Å². The van der Waals surface area contributed by atoms with Crippen molar-refractivity contribution < 1.29 is 0 Å². The van der Waals surface area contributed by atoms with Crippen molar-refractivity contribution in [3.63, 3.8) is 0 Å². The van der Waals surface area contributed by atoms with Crippen LogP contribution in [0.3, 0.4) is 0 Å². The van der Waals surface area contributed by atoms with Gasteiger partial charge in [0.1, 0.15) is 0 Å². The molecular formula is C10H10Cl3N. The SMILES string of the molecule is Clc1cnc(CC(Cl)C2CC2)c(Cl)c1. The predicted octanol–water partition coefficient (Wildman–Crippen LogP) is 3.95. The van der Waals surface area contributed by atoms with E-state index in [1.54, 1.807) is 12.3 Å². The highest BCUT2D eigenvalue weighted by Crippen LogP contribution is 2.37. The van der Waals surface area contributed by atoms with E-state index in [0.29, 0.717) is 16.0 Å². The maximum atomic E-state index is 6.19. The molecule has 76 valence electrons. The van der Waals surface area contributed by atoms with Crippen molar-refractivity contribution in [2.75, 3.05) is 0 Å². The van der Waals surface area contributed by atoms with Crippen molar-refractivity contribution in [2.45, 2.75) is 24.6 Å². The molecule has 1 aromatic heterocycles. The molecule has 0 bridgehead atoms. The fourth-order valence-electron chi connectivity index (χ4n) is 1.40. The standard InChI is InChI=1S/C10H10Cl3N/c11-7-3-9(13)10(14-5-7)4-8(12)6-1-2-6/h3,5-6,8H,1-2,4H2. The van der Waals surface area contributed by atoms with Gasteiger partial charge in [-0.15, -0.1) is 11.6 Å². The molecule has 1 unspecified atom stereocenters. The number of aromatic nitrogens is 1. The molecule has 1 fully saturated rings. The Morgan fingerprint density at radius 2 is 2.14 bits per heavy atom. The molecule has 1 aliphatic rings. The topological polar surface area (TPSA) is 12.9 Å². The van der Waals surface area contributed by atoms with Crippen LogP contribution in [0.4, 0.5) is 0 Å². The van der Waals surface area contributed by atoms with Gasteiger partial charge in [0.25, 0.3) is 0 Å². The largest absolute Gasteiger partial charge is 0.258 e. The average Bonchev–Trinajstić information content (AvgIpc) is 2.92. The van der Waals surface area contributed by atoms with Crippen molar-refractivity contribution in [3.8, 4) is 0 Å². The molecule has 0 aromatic carbocycles. The molecule has 1 aliphatic carbocycles. The van der Waals surface area contributed by atoms with E-state index >= 15 is 0 Å². The first-order chi connectivity index (χ1) is 6.66. The van der Waals surface area contributed by atoms with Crippen LogP contribution in [-0.2, 0) is 6.42 Å². The van der Waals surface area contributed by atoms with Crippen LogP contribution < -0.4 is 0 Å². The summed E-state index contributed by atoms with van der Waals surface area (Å²) >= 11 is 17.9. The summed E-state index contributed by atoms with van der Waals surface area (Å²) < 4.78 is 0. The van der Waals surface area contributed by atoms with Crippen LogP contribution in [0.2, 0.25) is 10.0 Å². The molecule has 1 atom stereocenters. The molecule has 0 radical (unpaired) electrons. The molecule has 0 N–H and O–H groups in total. The molecule has 1 heterocycles. The summed E-state index contributed by atoms with van der Waals surface area (Å²) in [4.78, 5) is 4.18. The minimum absolute atomic E-state index is 0.168. The summed E-state index contributed by atoms with van der Waals surface area (Å²) in [5, 5.41) is 1.35. The Balaban J connectivity index is 2.07. The quantitative estimate of drug-likeness (QED) is 0.740. The third-order valence-electron chi connectivity index (χ3n) is 2.41. The van der Waals surface area contributed by atoms with Crippen molar-refractivity contribution in [2.24, 2.45) is 5.92 Å². The van der Waals surface area contributed by atoms with Gasteiger partial charge in [0.2, 0.25) is 0 Å². The summed E-state index contributed by atoms with van der Waals surface area (Å²) in [6.45, 7) is 0. The van der Waals surface area contributed by atoms with Gasteiger partial charge in [0.15, 0.2) is 0 Å². The smallest absolute Gasteiger partial charge is 0.0636 e. The Labute approximate surface area is 98.4 Å². The van der Waals surface area contributed by atoms with Crippen LogP contribution in [0.15, 0.2) is 12.3 Å². The Morgan fingerprint density at radius 1 is 1.43 bits per heavy atom. The number of nitrogens with zero attached hydrogens (tertiary/aromatic N) is 1. The monoisotopic (exact) mass is 249 g/mol. The summed E-state index contributed by atoms with van der Waals surface area (Å²) in [6, 6.07) is 1.71. The van der Waals surface area contributed by atoms with Gasteiger partial charge in [0, 0.05) is 18.0 Å². The number of rotatable bonds is 3. The lowest BCUT2D eigenvalue weighted by Gasteiger charge is -2.08. The molecule has 14 heavy (non-hydrogen) atoms. The van der Waals surface area contributed by atoms with E-state index in [1.165, 1.54) is 12.8 Å². The molecule has 0 aliphatic heterocycles. The second kappa shape index (κ2) is 4.26. The zero-order chi connectivity index (χ0) is 10.1. The van der Waals surface area contributed by atoms with Crippen LogP contribution in [0.25, 0.3) is 0 Å². The Hall–Kier alpha value is 0.0200. The van der Waals surface area contributed by atoms with Crippen LogP contribution >= 0.6 is 34.8 Å². The second-order valence-electron chi connectivity index (χ2n) is 3.64. The molecule has 0 amide bonds. The molecule has 0 spiro atoms. The van der Waals surface area contributed by atoms with E-state index in [2.05, 4.69) is 4.98 Å². The number of hydrogen-bond acceptors (Lipinski definition) is 1. The Bertz CT molecular complexity index is 336. The predicted molar refractivity (Wildman–Crippen MR) is 60.3 cm³/mol. The van der Waals surface area contributed by atoms with Crippen molar-refractivity contribution >= 4 is 34.8 Å². The van der Waals surface area contributed by atoms with Crippen molar-refractivity contribution in [1.29, 1.82) is 0 Å². The van der Waals surface area contributed by atoms with Gasteiger partial charge in [0.05, 0.1) is 15.7 Å². The third-order valence-corrected chi connectivity index (χ3v) is 3.45. The fraction of sp³-hybridized carbons (Fsp3) is 0.500. The van der Waals surface area contributed by atoms with Gasteiger partial charge >= 0.3 is 0 Å². The van der Waals surface area contributed by atoms with Gasteiger partial charge in [-0.2, -0.15) is 0 Å². The van der Waals surface area contributed by atoms with Gasteiger partial charge in [-0.1, -0.05) is 23.2 Å². The highest BCUT2D eigenvalue weighted by atomic mass is 35.5. The number of halogens is 3. The normalized spacial score (nSPS) is 18.2. The van der Waals surface area contributed by atoms with E-state index in [-0.39, 0.29) is 5.38 Å². The van der Waals surface area contributed by atoms with E-state index < -0.39 is 0 Å². The van der Waals surface area contributed by atoms with Crippen LogP contribution in [0.5, 0.6) is 0 Å². The fourth-order valence-corrected chi connectivity index (χ4v) is 2.26. The Morgan fingerprint density at radius 3 is 2.71 bits per heavy atom. The molecule has 0 saturated heterocycles. The minimum Gasteiger partial charge on any atom is -0.258 e. The molecule has 2 rings (SSSR count). The van der Waals surface area contributed by atoms with Crippen molar-refractivity contribution in [3.05, 3.63) is 28.0 Å². The maximum absolute atomic E-state index is 6.19. The third kappa shape index (κ3) is 2.53. The first-order valence-electron chi connectivity index (χ1n) is 4.61. The van der Waals surface area contributed by atoms with Gasteiger partial charge in [-0.25, -0.2) is 0 Å². The van der Waals surface area contributed by atoms with E-state index in [1.807, 2.05) is 0 Å². The zero-order valence-corrected chi connectivity index (χ0v) is 9.78. The highest BCUT2D eigenvalue weighted by Gasteiger charge is 2.30. The zero-order valence-electron chi connectivity index (χ0n) is 7.51. The van der Waals surface area contributed by atoms with Gasteiger partial charge in [-0.3, -0.25) is 4.98 Å². The summed E-state index contributed by atoms with van der Waals surface area (Å²) in [5.41, 5.74) is 0.850. The number of hydrogen-bond donors (Lipinski definition) is 0. The Kier molecular flexibility index (Phi) is 3.20. The first kappa shape index (κ1) is 10.5. The number of pyridine rings is 1. The lowest BCUT2D eigenvalue weighted by atomic mass is 10.1. The van der Waals surface area contributed by atoms with Crippen LogP contribution in [0.1, 0.15) is 18.5 Å². The van der Waals surface area contributed by atoms with Crippen molar-refractivity contribution in [1.82, 2.24) is 4.98 Å². The molecule has 1 saturated carbocycles. The van der Waals surface area contributed by atoms with E-state index in [9.17, 15) is 0 Å². The molecule has 4 heteroatoms. The lowest BCUT2D eigenvalue weighted by molar-refractivity contribution is 0.725. The van der Waals surface area contributed by atoms with Crippen LogP contribution in [0, 0.1) is 5.92 Å². The molecule has 1 aromatic rings. The molecule has 1 nitrogen and oxygen atoms in total. The maximum Gasteiger partial charge on any atom is 0.0636 e. The first-order valence-corrected chi connectivity index (χ1v) is 5.80. The summed E-state index contributed by atoms with van der Waals surface area (Å²) in [7, 11) is 0. The average molecular weight is 251 g/mol. The summed E-state index contributed by atoms with van der Waals surface area (Å²) in [5.74, 6) is 0.658. The number of alkyl halides is 1. The highest BCUT2D eigenvalue weighted by molar-refractivity contribution is 6.34. The van der Waals surface area contributed by atoms with E-state index in [0.717, 1.165) is 12.1 Å². The minimum atomic E-state index is 0.168. The summed E-state index contributed by atoms with van der Waals surface area (Å²) in [6.07, 6.45) is 4.82. The second-order valence-corrected chi connectivity index (χ2v) is 5.04. The molecular weight excluding hydrogens is 240 g/mol. The lowest BCUT2D eigenvalue weighted by Crippen LogP contribution is -2.07. The van der Waals surface area contributed by atoms with E-state index in [4.69, 9.17) is 34.8 Å². The van der Waals surface area contributed by atoms with Gasteiger partial charge < -0.3 is 0 Å². The van der Waals surface area contributed by atoms with Crippen LogP contribution in [-0.4, -0.2) is 10.4 Å².